The van der Waals surface area contributed by atoms with Gasteiger partial charge in [-0.15, -0.1) is 0 Å². The number of nitrogens with zero attached hydrogens (tertiary/aromatic N) is 1. The minimum Gasteiger partial charge on any atom is -0.487 e. The van der Waals surface area contributed by atoms with Crippen LogP contribution in [0, 0.1) is 5.82 Å². The van der Waals surface area contributed by atoms with Crippen molar-refractivity contribution in [1.29, 1.82) is 0 Å². The average molecular weight is 268 g/mol. The minimum absolute atomic E-state index is 0.0258. The molecule has 0 bridgehead atoms. The molecule has 0 atom stereocenters. The highest BCUT2D eigenvalue weighted by Crippen LogP contribution is 2.21. The van der Waals surface area contributed by atoms with Crippen molar-refractivity contribution in [2.75, 3.05) is 5.43 Å². The third-order valence-electron chi connectivity index (χ3n) is 2.23. The molecule has 6 heteroatoms. The van der Waals surface area contributed by atoms with Crippen LogP contribution in [0.3, 0.4) is 0 Å². The van der Waals surface area contributed by atoms with E-state index in [1.54, 1.807) is 18.2 Å². The first kappa shape index (κ1) is 12.6. The van der Waals surface area contributed by atoms with E-state index in [4.69, 9.17) is 22.2 Å². The molecular formula is C12H11ClFN3O. The number of nitrogen functional groups attached to an aromatic ring is 1. The van der Waals surface area contributed by atoms with E-state index in [1.807, 2.05) is 0 Å². The minimum atomic E-state index is -0.475. The van der Waals surface area contributed by atoms with Crippen LogP contribution in [0.5, 0.6) is 5.75 Å². The zero-order chi connectivity index (χ0) is 13.0. The summed E-state index contributed by atoms with van der Waals surface area (Å²) in [7, 11) is 0. The van der Waals surface area contributed by atoms with Crippen LogP contribution in [0.15, 0.2) is 36.4 Å². The molecule has 4 nitrogen and oxygen atoms in total. The van der Waals surface area contributed by atoms with Crippen molar-refractivity contribution in [3.05, 3.63) is 52.9 Å². The molecule has 0 unspecified atom stereocenters. The van der Waals surface area contributed by atoms with Gasteiger partial charge in [-0.3, -0.25) is 0 Å². The molecule has 0 fully saturated rings. The van der Waals surface area contributed by atoms with E-state index >= 15 is 0 Å². The Morgan fingerprint density at radius 3 is 2.89 bits per heavy atom. The number of hydrogen-bond donors (Lipinski definition) is 2. The number of pyridine rings is 1. The van der Waals surface area contributed by atoms with Crippen molar-refractivity contribution in [1.82, 2.24) is 4.98 Å². The van der Waals surface area contributed by atoms with Gasteiger partial charge in [0.15, 0.2) is 0 Å². The van der Waals surface area contributed by atoms with Gasteiger partial charge in [0, 0.05) is 6.07 Å². The Labute approximate surface area is 109 Å². The summed E-state index contributed by atoms with van der Waals surface area (Å²) in [5.74, 6) is 5.80. The predicted molar refractivity (Wildman–Crippen MR) is 67.8 cm³/mol. The Morgan fingerprint density at radius 2 is 2.17 bits per heavy atom. The van der Waals surface area contributed by atoms with E-state index in [0.717, 1.165) is 0 Å². The Morgan fingerprint density at radius 1 is 1.33 bits per heavy atom. The van der Waals surface area contributed by atoms with Gasteiger partial charge in [-0.05, 0) is 24.3 Å². The van der Waals surface area contributed by atoms with Crippen molar-refractivity contribution >= 4 is 17.4 Å². The number of ether oxygens (including phenoxy) is 1. The molecule has 2 rings (SSSR count). The van der Waals surface area contributed by atoms with E-state index < -0.39 is 5.82 Å². The van der Waals surface area contributed by atoms with Crippen LogP contribution in [0.2, 0.25) is 5.02 Å². The van der Waals surface area contributed by atoms with Crippen LogP contribution < -0.4 is 16.0 Å². The van der Waals surface area contributed by atoms with Gasteiger partial charge < -0.3 is 10.2 Å². The number of nitrogens with one attached hydrogen (secondary N) is 1. The zero-order valence-corrected chi connectivity index (χ0v) is 10.1. The van der Waals surface area contributed by atoms with E-state index in [0.29, 0.717) is 17.3 Å². The monoisotopic (exact) mass is 267 g/mol. The lowest BCUT2D eigenvalue weighted by Crippen LogP contribution is -2.09. The lowest BCUT2D eigenvalue weighted by Gasteiger charge is -2.07. The number of hydrazine groups is 1. The van der Waals surface area contributed by atoms with E-state index in [1.165, 1.54) is 18.2 Å². The standard InChI is InChI=1S/C12H11ClFN3O/c13-10-6-9(4-5-11(10)14)18-7-8-2-1-3-12(16-8)17-15/h1-6H,7,15H2,(H,16,17). The smallest absolute Gasteiger partial charge is 0.142 e. The number of rotatable bonds is 4. The van der Waals surface area contributed by atoms with Gasteiger partial charge in [0.1, 0.15) is 24.0 Å². The molecule has 2 aromatic rings. The molecule has 94 valence electrons. The maximum atomic E-state index is 12.9. The zero-order valence-electron chi connectivity index (χ0n) is 9.36. The fourth-order valence-electron chi connectivity index (χ4n) is 1.36. The molecule has 0 saturated carbocycles. The summed E-state index contributed by atoms with van der Waals surface area (Å²) >= 11 is 5.65. The van der Waals surface area contributed by atoms with E-state index in [2.05, 4.69) is 10.4 Å². The van der Waals surface area contributed by atoms with E-state index in [9.17, 15) is 4.39 Å². The summed E-state index contributed by atoms with van der Waals surface area (Å²) in [6, 6.07) is 9.51. The van der Waals surface area contributed by atoms with Crippen molar-refractivity contribution in [2.45, 2.75) is 6.61 Å². The molecule has 18 heavy (non-hydrogen) atoms. The molecule has 0 spiro atoms. The van der Waals surface area contributed by atoms with Crippen LogP contribution in [-0.4, -0.2) is 4.98 Å². The summed E-state index contributed by atoms with van der Waals surface area (Å²) < 4.78 is 18.4. The highest BCUT2D eigenvalue weighted by Gasteiger charge is 2.03. The van der Waals surface area contributed by atoms with Gasteiger partial charge in [0.05, 0.1) is 10.7 Å². The molecule has 0 aliphatic rings. The second-order valence-electron chi connectivity index (χ2n) is 3.52. The first-order valence-electron chi connectivity index (χ1n) is 5.19. The lowest BCUT2D eigenvalue weighted by atomic mass is 10.3. The Kier molecular flexibility index (Phi) is 3.96. The van der Waals surface area contributed by atoms with Gasteiger partial charge >= 0.3 is 0 Å². The lowest BCUT2D eigenvalue weighted by molar-refractivity contribution is 0.301. The quantitative estimate of drug-likeness (QED) is 0.661. The summed E-state index contributed by atoms with van der Waals surface area (Å²) in [5.41, 5.74) is 3.14. The second-order valence-corrected chi connectivity index (χ2v) is 3.93. The summed E-state index contributed by atoms with van der Waals surface area (Å²) in [5, 5.41) is 0.0258. The second kappa shape index (κ2) is 5.66. The molecular weight excluding hydrogens is 257 g/mol. The number of anilines is 1. The normalized spacial score (nSPS) is 10.2. The Hall–Kier alpha value is -1.85. The summed E-state index contributed by atoms with van der Waals surface area (Å²) in [6.45, 7) is 0.248. The molecule has 0 saturated heterocycles. The van der Waals surface area contributed by atoms with Crippen LogP contribution in [0.25, 0.3) is 0 Å². The molecule has 0 radical (unpaired) electrons. The first-order valence-corrected chi connectivity index (χ1v) is 5.57. The number of halogens is 2. The maximum Gasteiger partial charge on any atom is 0.142 e. The van der Waals surface area contributed by atoms with Gasteiger partial charge in [-0.25, -0.2) is 15.2 Å². The van der Waals surface area contributed by atoms with Crippen molar-refractivity contribution in [2.24, 2.45) is 5.84 Å². The van der Waals surface area contributed by atoms with Crippen LogP contribution in [-0.2, 0) is 6.61 Å². The highest BCUT2D eigenvalue weighted by molar-refractivity contribution is 6.30. The number of nitrogens with two attached hydrogens (primary N) is 1. The third-order valence-corrected chi connectivity index (χ3v) is 2.52. The number of aromatic nitrogens is 1. The van der Waals surface area contributed by atoms with Gasteiger partial charge in [-0.2, -0.15) is 0 Å². The molecule has 0 aliphatic carbocycles. The van der Waals surface area contributed by atoms with Gasteiger partial charge in [0.2, 0.25) is 0 Å². The molecule has 1 aromatic heterocycles. The largest absolute Gasteiger partial charge is 0.487 e. The highest BCUT2D eigenvalue weighted by atomic mass is 35.5. The SMILES string of the molecule is NNc1cccc(COc2ccc(F)c(Cl)c2)n1. The number of benzene rings is 1. The Balaban J connectivity index is 2.04. The Bertz CT molecular complexity index is 551. The average Bonchev–Trinajstić information content (AvgIpc) is 2.40. The number of hydrogen-bond acceptors (Lipinski definition) is 4. The predicted octanol–water partition coefficient (Wildman–Crippen LogP) is 2.74. The summed E-state index contributed by atoms with van der Waals surface area (Å²) in [6.07, 6.45) is 0. The molecule has 0 aliphatic heterocycles. The van der Waals surface area contributed by atoms with Crippen molar-refractivity contribution in [3.8, 4) is 5.75 Å². The van der Waals surface area contributed by atoms with Crippen molar-refractivity contribution < 1.29 is 9.13 Å². The molecule has 0 amide bonds. The van der Waals surface area contributed by atoms with Gasteiger partial charge in [0.25, 0.3) is 0 Å². The van der Waals surface area contributed by atoms with Crippen LogP contribution in [0.4, 0.5) is 10.2 Å². The summed E-state index contributed by atoms with van der Waals surface area (Å²) in [4.78, 5) is 4.18. The van der Waals surface area contributed by atoms with E-state index in [-0.39, 0.29) is 11.6 Å². The molecule has 1 aromatic carbocycles. The van der Waals surface area contributed by atoms with Crippen molar-refractivity contribution in [3.63, 3.8) is 0 Å². The molecule has 3 N–H and O–H groups in total. The first-order chi connectivity index (χ1) is 8.69. The fourth-order valence-corrected chi connectivity index (χ4v) is 1.53. The van der Waals surface area contributed by atoms with Crippen LogP contribution in [0.1, 0.15) is 5.69 Å². The fraction of sp³-hybridized carbons (Fsp3) is 0.0833. The van der Waals surface area contributed by atoms with Gasteiger partial charge in [-0.1, -0.05) is 17.7 Å². The molecule has 1 heterocycles. The topological polar surface area (TPSA) is 60.2 Å². The maximum absolute atomic E-state index is 12.9. The van der Waals surface area contributed by atoms with Crippen LogP contribution >= 0.6 is 11.6 Å². The third kappa shape index (κ3) is 3.09.